The van der Waals surface area contributed by atoms with E-state index < -0.39 is 23.1 Å². The zero-order valence-corrected chi connectivity index (χ0v) is 17.8. The van der Waals surface area contributed by atoms with Crippen molar-refractivity contribution >= 4 is 11.7 Å². The first-order valence-corrected chi connectivity index (χ1v) is 9.74. The van der Waals surface area contributed by atoms with Gasteiger partial charge in [0.1, 0.15) is 5.75 Å². The lowest BCUT2D eigenvalue weighted by molar-refractivity contribution is -0.129. The molecule has 1 aliphatic heterocycles. The Bertz CT molecular complexity index is 745. The summed E-state index contributed by atoms with van der Waals surface area (Å²) in [7, 11) is 3.94. The fourth-order valence-corrected chi connectivity index (χ4v) is 3.34. The fourth-order valence-electron chi connectivity index (χ4n) is 3.34. The maximum Gasteiger partial charge on any atom is 0.290 e. The average molecular weight is 389 g/mol. The summed E-state index contributed by atoms with van der Waals surface area (Å²) in [6.07, 6.45) is 0.747. The van der Waals surface area contributed by atoms with Crippen molar-refractivity contribution in [2.75, 3.05) is 33.8 Å². The van der Waals surface area contributed by atoms with Gasteiger partial charge in [0.25, 0.3) is 5.91 Å². The highest BCUT2D eigenvalue weighted by molar-refractivity contribution is 6.10. The summed E-state index contributed by atoms with van der Waals surface area (Å²) < 4.78 is 5.50. The molecule has 0 bridgehead atoms. The van der Waals surface area contributed by atoms with E-state index in [2.05, 4.69) is 0 Å². The molecule has 6 nitrogen and oxygen atoms in total. The molecule has 1 amide bonds. The first-order chi connectivity index (χ1) is 13.1. The monoisotopic (exact) mass is 388 g/mol. The number of hydrogen-bond acceptors (Lipinski definition) is 5. The van der Waals surface area contributed by atoms with Gasteiger partial charge < -0.3 is 19.6 Å². The van der Waals surface area contributed by atoms with Gasteiger partial charge in [0.15, 0.2) is 11.5 Å². The second-order valence-corrected chi connectivity index (χ2v) is 8.40. The normalized spacial score (nSPS) is 17.6. The number of carbonyl (C=O) groups excluding carboxylic acids is 2. The van der Waals surface area contributed by atoms with Crippen LogP contribution in [-0.2, 0) is 9.59 Å². The van der Waals surface area contributed by atoms with Crippen LogP contribution in [0.3, 0.4) is 0 Å². The lowest BCUT2D eigenvalue weighted by atomic mass is 9.82. The molecule has 0 radical (unpaired) electrons. The molecular formula is C22H32N2O4. The predicted molar refractivity (Wildman–Crippen MR) is 109 cm³/mol. The molecule has 6 heteroatoms. The van der Waals surface area contributed by atoms with Crippen LogP contribution in [0.15, 0.2) is 35.6 Å². The van der Waals surface area contributed by atoms with Gasteiger partial charge in [0, 0.05) is 12.0 Å². The van der Waals surface area contributed by atoms with E-state index in [1.165, 1.54) is 0 Å². The number of benzene rings is 1. The van der Waals surface area contributed by atoms with Crippen molar-refractivity contribution in [3.8, 4) is 5.75 Å². The summed E-state index contributed by atoms with van der Waals surface area (Å²) in [5, 5.41) is 10.6. The van der Waals surface area contributed by atoms with Crippen LogP contribution in [0.2, 0.25) is 0 Å². The van der Waals surface area contributed by atoms with E-state index in [1.54, 1.807) is 25.7 Å². The Balaban J connectivity index is 2.43. The van der Waals surface area contributed by atoms with Gasteiger partial charge in [0.2, 0.25) is 0 Å². The molecule has 1 N–H and O–H groups in total. The van der Waals surface area contributed by atoms with Gasteiger partial charge in [-0.1, -0.05) is 32.9 Å². The molecule has 0 fully saturated rings. The minimum Gasteiger partial charge on any atom is -0.503 e. The van der Waals surface area contributed by atoms with E-state index in [1.807, 2.05) is 50.2 Å². The minimum absolute atomic E-state index is 0.187. The topological polar surface area (TPSA) is 70.1 Å². The Labute approximate surface area is 167 Å². The molecule has 1 atom stereocenters. The van der Waals surface area contributed by atoms with Crippen LogP contribution in [-0.4, -0.2) is 60.4 Å². The molecule has 2 rings (SSSR count). The first kappa shape index (κ1) is 22.0. The molecule has 1 unspecified atom stereocenters. The Hall–Kier alpha value is -2.34. The average Bonchev–Trinajstić information content (AvgIpc) is 2.86. The van der Waals surface area contributed by atoms with E-state index in [0.29, 0.717) is 13.2 Å². The van der Waals surface area contributed by atoms with E-state index in [9.17, 15) is 14.7 Å². The molecule has 0 aromatic heterocycles. The highest BCUT2D eigenvalue weighted by Crippen LogP contribution is 2.41. The zero-order valence-electron chi connectivity index (χ0n) is 17.8. The number of carbonyl (C=O) groups is 2. The Morgan fingerprint density at radius 1 is 1.21 bits per heavy atom. The fraction of sp³-hybridized carbons (Fsp3) is 0.545. The molecule has 0 aliphatic carbocycles. The largest absolute Gasteiger partial charge is 0.503 e. The number of hydrogen-bond donors (Lipinski definition) is 1. The molecule has 1 aromatic carbocycles. The van der Waals surface area contributed by atoms with Gasteiger partial charge >= 0.3 is 0 Å². The van der Waals surface area contributed by atoms with Crippen LogP contribution < -0.4 is 4.74 Å². The molecule has 1 heterocycles. The number of ether oxygens (including phenoxy) is 1. The molecule has 0 saturated carbocycles. The first-order valence-electron chi connectivity index (χ1n) is 9.74. The van der Waals surface area contributed by atoms with Gasteiger partial charge in [-0.2, -0.15) is 0 Å². The lowest BCUT2D eigenvalue weighted by Crippen LogP contribution is -2.34. The van der Waals surface area contributed by atoms with Crippen LogP contribution in [0.25, 0.3) is 0 Å². The standard InChI is InChI=1S/C22H32N2O4/c1-7-28-16-11-9-15(10-12-16)18-17(20(26)22(2,3)4)19(25)21(27)24(18)14-8-13-23(5)6/h9-12,18,25H,7-8,13-14H2,1-6H3. The van der Waals surface area contributed by atoms with Gasteiger partial charge in [-0.25, -0.2) is 0 Å². The van der Waals surface area contributed by atoms with Gasteiger partial charge in [-0.15, -0.1) is 0 Å². The molecule has 154 valence electrons. The van der Waals surface area contributed by atoms with E-state index in [0.717, 1.165) is 24.3 Å². The van der Waals surface area contributed by atoms with Crippen molar-refractivity contribution in [3.63, 3.8) is 0 Å². The predicted octanol–water partition coefficient (Wildman–Crippen LogP) is 3.35. The number of aliphatic hydroxyl groups is 1. The van der Waals surface area contributed by atoms with Gasteiger partial charge in [0.05, 0.1) is 18.2 Å². The third kappa shape index (κ3) is 4.73. The highest BCUT2D eigenvalue weighted by Gasteiger charge is 2.45. The number of nitrogens with zero attached hydrogens (tertiary/aromatic N) is 2. The van der Waals surface area contributed by atoms with Crippen molar-refractivity contribution in [3.05, 3.63) is 41.2 Å². The molecule has 0 saturated heterocycles. The van der Waals surface area contributed by atoms with Crippen molar-refractivity contribution in [2.45, 2.75) is 40.2 Å². The Morgan fingerprint density at radius 3 is 2.32 bits per heavy atom. The maximum absolute atomic E-state index is 13.1. The quantitative estimate of drug-likeness (QED) is 0.740. The third-order valence-electron chi connectivity index (χ3n) is 4.74. The summed E-state index contributed by atoms with van der Waals surface area (Å²) in [6, 6.07) is 6.79. The van der Waals surface area contributed by atoms with E-state index >= 15 is 0 Å². The number of amides is 1. The minimum atomic E-state index is -0.702. The number of ketones is 1. The molecule has 1 aromatic rings. The number of Topliss-reactive ketones (excluding diaryl/α,β-unsaturated/α-hetero) is 1. The maximum atomic E-state index is 13.1. The second-order valence-electron chi connectivity index (χ2n) is 8.40. The smallest absolute Gasteiger partial charge is 0.290 e. The third-order valence-corrected chi connectivity index (χ3v) is 4.74. The Morgan fingerprint density at radius 2 is 1.82 bits per heavy atom. The van der Waals surface area contributed by atoms with Crippen molar-refractivity contribution in [1.82, 2.24) is 9.80 Å². The number of aliphatic hydroxyl groups excluding tert-OH is 1. The SMILES string of the molecule is CCOc1ccc(C2C(C(=O)C(C)(C)C)=C(O)C(=O)N2CCCN(C)C)cc1. The summed E-state index contributed by atoms with van der Waals surface area (Å²) in [5.74, 6) is -0.395. The van der Waals surface area contributed by atoms with Gasteiger partial charge in [-0.05, 0) is 51.7 Å². The second kappa shape index (κ2) is 8.78. The summed E-state index contributed by atoms with van der Waals surface area (Å²) in [6.45, 7) is 9.13. The van der Waals surface area contributed by atoms with E-state index in [4.69, 9.17) is 4.74 Å². The highest BCUT2D eigenvalue weighted by atomic mass is 16.5. The lowest BCUT2D eigenvalue weighted by Gasteiger charge is -2.29. The summed E-state index contributed by atoms with van der Waals surface area (Å²) in [5.41, 5.74) is 0.275. The number of rotatable bonds is 8. The van der Waals surface area contributed by atoms with Crippen LogP contribution >= 0.6 is 0 Å². The Kier molecular flexibility index (Phi) is 6.88. The summed E-state index contributed by atoms with van der Waals surface area (Å²) >= 11 is 0. The molecule has 28 heavy (non-hydrogen) atoms. The molecule has 1 aliphatic rings. The molecule has 0 spiro atoms. The van der Waals surface area contributed by atoms with Crippen LogP contribution in [0.4, 0.5) is 0 Å². The van der Waals surface area contributed by atoms with Crippen LogP contribution in [0, 0.1) is 5.41 Å². The van der Waals surface area contributed by atoms with Crippen molar-refractivity contribution in [2.24, 2.45) is 5.41 Å². The van der Waals surface area contributed by atoms with Crippen LogP contribution in [0.5, 0.6) is 5.75 Å². The van der Waals surface area contributed by atoms with Gasteiger partial charge in [-0.3, -0.25) is 9.59 Å². The van der Waals surface area contributed by atoms with Crippen molar-refractivity contribution < 1.29 is 19.4 Å². The summed E-state index contributed by atoms with van der Waals surface area (Å²) in [4.78, 5) is 29.5. The van der Waals surface area contributed by atoms with E-state index in [-0.39, 0.29) is 11.4 Å². The van der Waals surface area contributed by atoms with Crippen LogP contribution in [0.1, 0.15) is 45.7 Å². The van der Waals surface area contributed by atoms with Crippen molar-refractivity contribution in [1.29, 1.82) is 0 Å². The zero-order chi connectivity index (χ0) is 21.1. The molecular weight excluding hydrogens is 356 g/mol.